The Morgan fingerprint density at radius 2 is 1.56 bits per heavy atom. The molecule has 25 heavy (non-hydrogen) atoms. The minimum Gasteiger partial charge on any atom is -0.394 e. The monoisotopic (exact) mass is 420 g/mol. The molecule has 0 amide bonds. The van der Waals surface area contributed by atoms with Gasteiger partial charge in [-0.1, -0.05) is 71.2 Å². The molecule has 0 saturated heterocycles. The SMILES string of the molecule is Cc1cccc(C)c1OP1(=O)Oc2c(C)cccc2C(C(Cl)(Cl)Cl)O1. The number of aryl methyl sites for hydroxylation is 3. The Hall–Kier alpha value is -0.900. The van der Waals surface area contributed by atoms with Crippen LogP contribution in [-0.4, -0.2) is 3.79 Å². The number of benzene rings is 2. The molecule has 8 heteroatoms. The molecule has 0 aliphatic carbocycles. The molecule has 0 spiro atoms. The molecule has 0 saturated carbocycles. The number of phosphoric ester groups is 1. The lowest BCUT2D eigenvalue weighted by molar-refractivity contribution is 0.125. The molecule has 2 atom stereocenters. The van der Waals surface area contributed by atoms with Gasteiger partial charge in [-0.3, -0.25) is 4.52 Å². The predicted molar refractivity (Wildman–Crippen MR) is 100 cm³/mol. The highest BCUT2D eigenvalue weighted by atomic mass is 35.6. The van der Waals surface area contributed by atoms with Gasteiger partial charge in [-0.05, 0) is 37.5 Å². The summed E-state index contributed by atoms with van der Waals surface area (Å²) in [7, 11) is -4.05. The molecule has 0 N–H and O–H groups in total. The summed E-state index contributed by atoms with van der Waals surface area (Å²) < 4.78 is 28.2. The van der Waals surface area contributed by atoms with Gasteiger partial charge in [0.15, 0.2) is 0 Å². The first-order chi connectivity index (χ1) is 11.6. The molecule has 0 aromatic heterocycles. The molecular weight excluding hydrogens is 406 g/mol. The van der Waals surface area contributed by atoms with Crippen molar-refractivity contribution in [3.05, 3.63) is 58.7 Å². The van der Waals surface area contributed by atoms with Crippen LogP contribution in [0.25, 0.3) is 0 Å². The number of hydrogen-bond acceptors (Lipinski definition) is 4. The number of fused-ring (bicyclic) bond motifs is 1. The molecule has 2 unspecified atom stereocenters. The third-order valence-corrected chi connectivity index (χ3v) is 5.75. The molecule has 0 bridgehead atoms. The lowest BCUT2D eigenvalue weighted by atomic mass is 10.1. The van der Waals surface area contributed by atoms with Gasteiger partial charge in [-0.25, -0.2) is 4.57 Å². The van der Waals surface area contributed by atoms with E-state index in [1.165, 1.54) is 0 Å². The maximum atomic E-state index is 13.2. The van der Waals surface area contributed by atoms with Gasteiger partial charge < -0.3 is 9.05 Å². The van der Waals surface area contributed by atoms with E-state index in [0.717, 1.165) is 16.7 Å². The Morgan fingerprint density at radius 1 is 1.00 bits per heavy atom. The van der Waals surface area contributed by atoms with Gasteiger partial charge in [0.2, 0.25) is 3.79 Å². The molecule has 1 heterocycles. The van der Waals surface area contributed by atoms with E-state index in [0.29, 0.717) is 17.1 Å². The number of alkyl halides is 3. The van der Waals surface area contributed by atoms with E-state index in [4.69, 9.17) is 48.4 Å². The quantitative estimate of drug-likeness (QED) is 0.404. The zero-order valence-electron chi connectivity index (χ0n) is 13.8. The molecular formula is C17H16Cl3O4P. The molecule has 3 rings (SSSR count). The van der Waals surface area contributed by atoms with Crippen molar-refractivity contribution >= 4 is 42.6 Å². The zero-order valence-corrected chi connectivity index (χ0v) is 16.9. The Bertz CT molecular complexity index is 843. The van der Waals surface area contributed by atoms with Gasteiger partial charge in [0.25, 0.3) is 0 Å². The summed E-state index contributed by atoms with van der Waals surface area (Å²) in [6.07, 6.45) is -1.09. The molecule has 0 fully saturated rings. The summed E-state index contributed by atoms with van der Waals surface area (Å²) in [6, 6.07) is 10.8. The van der Waals surface area contributed by atoms with E-state index in [1.54, 1.807) is 12.1 Å². The Labute approximate surface area is 161 Å². The Morgan fingerprint density at radius 3 is 2.16 bits per heavy atom. The maximum Gasteiger partial charge on any atom is 0.588 e. The van der Waals surface area contributed by atoms with Crippen LogP contribution in [0.1, 0.15) is 28.4 Å². The molecule has 4 nitrogen and oxygen atoms in total. The summed E-state index contributed by atoms with van der Waals surface area (Å²) >= 11 is 18.2. The summed E-state index contributed by atoms with van der Waals surface area (Å²) in [4.78, 5) is 0. The predicted octanol–water partition coefficient (Wildman–Crippen LogP) is 6.62. The number of para-hydroxylation sites is 2. The average Bonchev–Trinajstić information content (AvgIpc) is 2.51. The van der Waals surface area contributed by atoms with E-state index < -0.39 is 17.7 Å². The van der Waals surface area contributed by atoms with Crippen molar-refractivity contribution in [2.75, 3.05) is 0 Å². The molecule has 0 radical (unpaired) electrons. The molecule has 134 valence electrons. The Balaban J connectivity index is 2.07. The van der Waals surface area contributed by atoms with Gasteiger partial charge in [-0.2, -0.15) is 0 Å². The number of phosphoric acid groups is 1. The van der Waals surface area contributed by atoms with Crippen molar-refractivity contribution in [2.45, 2.75) is 30.7 Å². The van der Waals surface area contributed by atoms with Gasteiger partial charge >= 0.3 is 7.82 Å². The second-order valence-corrected chi connectivity index (χ2v) is 9.71. The van der Waals surface area contributed by atoms with E-state index >= 15 is 0 Å². The number of rotatable bonds is 2. The smallest absolute Gasteiger partial charge is 0.394 e. The van der Waals surface area contributed by atoms with Crippen molar-refractivity contribution in [1.29, 1.82) is 0 Å². The highest BCUT2D eigenvalue weighted by Crippen LogP contribution is 2.63. The van der Waals surface area contributed by atoms with Crippen molar-refractivity contribution < 1.29 is 18.1 Å². The van der Waals surface area contributed by atoms with Crippen molar-refractivity contribution in [1.82, 2.24) is 0 Å². The Kier molecular flexibility index (Phi) is 5.04. The second kappa shape index (κ2) is 6.68. The van der Waals surface area contributed by atoms with Crippen LogP contribution >= 0.6 is 42.6 Å². The average molecular weight is 422 g/mol. The van der Waals surface area contributed by atoms with Gasteiger partial charge in [0.1, 0.15) is 17.6 Å². The summed E-state index contributed by atoms with van der Waals surface area (Å²) in [6.45, 7) is 5.48. The van der Waals surface area contributed by atoms with Crippen LogP contribution < -0.4 is 9.05 Å². The van der Waals surface area contributed by atoms with Gasteiger partial charge in [-0.15, -0.1) is 0 Å². The van der Waals surface area contributed by atoms with Crippen LogP contribution in [0.15, 0.2) is 36.4 Å². The van der Waals surface area contributed by atoms with Crippen LogP contribution in [0.5, 0.6) is 11.5 Å². The first-order valence-electron chi connectivity index (χ1n) is 7.51. The first kappa shape index (κ1) is 18.9. The highest BCUT2D eigenvalue weighted by molar-refractivity contribution is 7.49. The zero-order chi connectivity index (χ0) is 18.4. The van der Waals surface area contributed by atoms with Crippen LogP contribution in [-0.2, 0) is 9.09 Å². The van der Waals surface area contributed by atoms with Crippen molar-refractivity contribution in [2.24, 2.45) is 0 Å². The van der Waals surface area contributed by atoms with Crippen molar-refractivity contribution in [3.63, 3.8) is 0 Å². The van der Waals surface area contributed by atoms with E-state index in [-0.39, 0.29) is 0 Å². The minimum atomic E-state index is -4.05. The third kappa shape index (κ3) is 3.79. The van der Waals surface area contributed by atoms with E-state index in [1.807, 2.05) is 45.0 Å². The number of hydrogen-bond donors (Lipinski definition) is 0. The largest absolute Gasteiger partial charge is 0.588 e. The van der Waals surface area contributed by atoms with Crippen LogP contribution in [0.2, 0.25) is 0 Å². The van der Waals surface area contributed by atoms with Gasteiger partial charge in [0, 0.05) is 5.56 Å². The fraction of sp³-hybridized carbons (Fsp3) is 0.294. The van der Waals surface area contributed by atoms with Crippen LogP contribution in [0.4, 0.5) is 0 Å². The van der Waals surface area contributed by atoms with Crippen molar-refractivity contribution in [3.8, 4) is 11.5 Å². The fourth-order valence-corrected chi connectivity index (χ4v) is 4.97. The van der Waals surface area contributed by atoms with E-state index in [9.17, 15) is 4.57 Å². The molecule has 2 aromatic carbocycles. The van der Waals surface area contributed by atoms with E-state index in [2.05, 4.69) is 0 Å². The van der Waals surface area contributed by atoms with Crippen LogP contribution in [0.3, 0.4) is 0 Å². The maximum absolute atomic E-state index is 13.2. The highest BCUT2D eigenvalue weighted by Gasteiger charge is 2.49. The standard InChI is InChI=1S/C17H16Cl3O4P/c1-10-6-4-7-11(2)14(10)22-25(21)23-15-12(3)8-5-9-13(15)16(24-25)17(18,19)20/h4-9,16H,1-3H3. The lowest BCUT2D eigenvalue weighted by Gasteiger charge is -2.35. The fourth-order valence-electron chi connectivity index (χ4n) is 2.66. The summed E-state index contributed by atoms with van der Waals surface area (Å²) in [5.74, 6) is 0.769. The lowest BCUT2D eigenvalue weighted by Crippen LogP contribution is -2.26. The number of halogens is 3. The summed E-state index contributed by atoms with van der Waals surface area (Å²) in [5, 5.41) is 0. The third-order valence-electron chi connectivity index (χ3n) is 3.87. The first-order valence-corrected chi connectivity index (χ1v) is 10.1. The molecule has 1 aliphatic heterocycles. The summed E-state index contributed by atoms with van der Waals surface area (Å²) in [5.41, 5.74) is 2.84. The normalized spacial score (nSPS) is 22.9. The second-order valence-electron chi connectivity index (χ2n) is 5.87. The molecule has 2 aromatic rings. The topological polar surface area (TPSA) is 44.8 Å². The molecule has 1 aliphatic rings. The van der Waals surface area contributed by atoms with Gasteiger partial charge in [0.05, 0.1) is 0 Å². The minimum absolute atomic E-state index is 0.347. The van der Waals surface area contributed by atoms with Crippen LogP contribution in [0, 0.1) is 20.8 Å².